The van der Waals surface area contributed by atoms with Crippen molar-refractivity contribution in [2.45, 2.75) is 18.8 Å². The van der Waals surface area contributed by atoms with E-state index in [9.17, 15) is 9.18 Å². The molecule has 2 aromatic rings. The zero-order valence-electron chi connectivity index (χ0n) is 11.4. The summed E-state index contributed by atoms with van der Waals surface area (Å²) in [5.41, 5.74) is 1.59. The summed E-state index contributed by atoms with van der Waals surface area (Å²) in [7, 11) is 0. The monoisotopic (exact) mass is 323 g/mol. The number of rotatable bonds is 3. The van der Waals surface area contributed by atoms with E-state index in [0.29, 0.717) is 23.0 Å². The topological polar surface area (TPSA) is 20.3 Å². The van der Waals surface area contributed by atoms with Crippen molar-refractivity contribution in [2.24, 2.45) is 0 Å². The molecule has 1 aromatic heterocycles. The Kier molecular flexibility index (Phi) is 4.27. The molecule has 1 aromatic carbocycles. The van der Waals surface area contributed by atoms with Crippen LogP contribution in [0.1, 0.15) is 23.5 Å². The minimum atomic E-state index is -0.413. The highest BCUT2D eigenvalue weighted by Gasteiger charge is 2.28. The van der Waals surface area contributed by atoms with Crippen molar-refractivity contribution in [2.75, 3.05) is 13.1 Å². The summed E-state index contributed by atoms with van der Waals surface area (Å²) in [4.78, 5) is 14.1. The van der Waals surface area contributed by atoms with Crippen LogP contribution in [0.4, 0.5) is 4.39 Å². The average molecular weight is 324 g/mol. The smallest absolute Gasteiger partial charge is 0.227 e. The molecule has 1 aliphatic rings. The number of hydrogen-bond donors (Lipinski definition) is 0. The van der Waals surface area contributed by atoms with Gasteiger partial charge >= 0.3 is 0 Å². The van der Waals surface area contributed by atoms with Gasteiger partial charge in [0.25, 0.3) is 0 Å². The Hall–Kier alpha value is -1.39. The predicted molar refractivity (Wildman–Crippen MR) is 83.4 cm³/mol. The van der Waals surface area contributed by atoms with Gasteiger partial charge in [0.05, 0.1) is 6.42 Å². The summed E-state index contributed by atoms with van der Waals surface area (Å²) in [6, 6.07) is 6.61. The number of carbonyl (C=O) groups excluding carboxylic acids is 1. The number of likely N-dealkylation sites (tertiary alicyclic amines) is 1. The molecule has 5 heteroatoms. The lowest BCUT2D eigenvalue weighted by Crippen LogP contribution is -2.30. The number of hydrogen-bond acceptors (Lipinski definition) is 2. The van der Waals surface area contributed by atoms with E-state index in [1.54, 1.807) is 23.5 Å². The quantitative estimate of drug-likeness (QED) is 0.832. The molecule has 2 heterocycles. The van der Waals surface area contributed by atoms with Crippen LogP contribution in [0.3, 0.4) is 0 Å². The Morgan fingerprint density at radius 3 is 3.00 bits per heavy atom. The molecule has 1 fully saturated rings. The molecule has 0 N–H and O–H groups in total. The highest BCUT2D eigenvalue weighted by Crippen LogP contribution is 2.29. The molecule has 2 nitrogen and oxygen atoms in total. The van der Waals surface area contributed by atoms with Gasteiger partial charge in [0.2, 0.25) is 5.91 Å². The van der Waals surface area contributed by atoms with E-state index in [2.05, 4.69) is 16.8 Å². The number of benzene rings is 1. The summed E-state index contributed by atoms with van der Waals surface area (Å²) >= 11 is 7.65. The first-order valence-corrected chi connectivity index (χ1v) is 8.20. The van der Waals surface area contributed by atoms with E-state index < -0.39 is 5.82 Å². The third-order valence-corrected chi connectivity index (χ3v) is 5.00. The summed E-state index contributed by atoms with van der Waals surface area (Å²) in [5, 5.41) is 4.50. The molecule has 0 bridgehead atoms. The second kappa shape index (κ2) is 6.16. The van der Waals surface area contributed by atoms with Crippen molar-refractivity contribution in [3.05, 3.63) is 57.0 Å². The Balaban J connectivity index is 1.67. The van der Waals surface area contributed by atoms with Gasteiger partial charge < -0.3 is 4.90 Å². The van der Waals surface area contributed by atoms with Gasteiger partial charge in [0, 0.05) is 29.6 Å². The molecule has 0 spiro atoms. The minimum Gasteiger partial charge on any atom is -0.342 e. The zero-order valence-corrected chi connectivity index (χ0v) is 13.0. The van der Waals surface area contributed by atoms with Gasteiger partial charge in [-0.1, -0.05) is 17.7 Å². The molecule has 1 atom stereocenters. The van der Waals surface area contributed by atoms with Crippen LogP contribution in [0.5, 0.6) is 0 Å². The molecule has 110 valence electrons. The molecular formula is C16H15ClFNOS. The third-order valence-electron chi connectivity index (χ3n) is 3.95. The molecule has 3 rings (SSSR count). The van der Waals surface area contributed by atoms with Gasteiger partial charge in [-0.3, -0.25) is 4.79 Å². The van der Waals surface area contributed by atoms with Gasteiger partial charge in [-0.25, -0.2) is 4.39 Å². The number of thiophene rings is 1. The van der Waals surface area contributed by atoms with Crippen LogP contribution in [0.15, 0.2) is 35.0 Å². The Morgan fingerprint density at radius 2 is 2.29 bits per heavy atom. The van der Waals surface area contributed by atoms with E-state index in [1.165, 1.54) is 11.6 Å². The van der Waals surface area contributed by atoms with Crippen molar-refractivity contribution in [1.29, 1.82) is 0 Å². The Morgan fingerprint density at radius 1 is 1.43 bits per heavy atom. The zero-order chi connectivity index (χ0) is 14.8. The minimum absolute atomic E-state index is 0.0296. The van der Waals surface area contributed by atoms with E-state index in [0.717, 1.165) is 13.0 Å². The largest absolute Gasteiger partial charge is 0.342 e. The predicted octanol–water partition coefficient (Wildman–Crippen LogP) is 4.10. The Labute approximate surface area is 132 Å². The number of carbonyl (C=O) groups is 1. The maximum atomic E-state index is 13.7. The van der Waals surface area contributed by atoms with Crippen LogP contribution in [0, 0.1) is 5.82 Å². The van der Waals surface area contributed by atoms with Crippen LogP contribution in [-0.4, -0.2) is 23.9 Å². The normalized spacial score (nSPS) is 18.2. The van der Waals surface area contributed by atoms with Crippen molar-refractivity contribution >= 4 is 28.8 Å². The molecule has 0 radical (unpaired) electrons. The highest BCUT2D eigenvalue weighted by molar-refractivity contribution is 7.08. The lowest BCUT2D eigenvalue weighted by molar-refractivity contribution is -0.129. The van der Waals surface area contributed by atoms with Gasteiger partial charge in [-0.2, -0.15) is 11.3 Å². The van der Waals surface area contributed by atoms with Gasteiger partial charge in [-0.15, -0.1) is 0 Å². The van der Waals surface area contributed by atoms with Crippen LogP contribution in [-0.2, 0) is 11.2 Å². The SMILES string of the molecule is O=C(Cc1c(F)cccc1Cl)N1CCC(c2ccsc2)C1. The van der Waals surface area contributed by atoms with Crippen LogP contribution < -0.4 is 0 Å². The van der Waals surface area contributed by atoms with Crippen molar-refractivity contribution in [1.82, 2.24) is 4.90 Å². The second-order valence-corrected chi connectivity index (χ2v) is 6.45. The highest BCUT2D eigenvalue weighted by atomic mass is 35.5. The molecule has 1 saturated heterocycles. The molecular weight excluding hydrogens is 309 g/mol. The van der Waals surface area contributed by atoms with E-state index in [4.69, 9.17) is 11.6 Å². The summed E-state index contributed by atoms with van der Waals surface area (Å²) < 4.78 is 13.7. The molecule has 0 saturated carbocycles. The van der Waals surface area contributed by atoms with Gasteiger partial charge in [0.1, 0.15) is 5.82 Å². The fourth-order valence-corrected chi connectivity index (χ4v) is 3.70. The van der Waals surface area contributed by atoms with Gasteiger partial charge in [-0.05, 0) is 40.9 Å². The fourth-order valence-electron chi connectivity index (χ4n) is 2.73. The number of halogens is 2. The maximum Gasteiger partial charge on any atom is 0.227 e. The summed E-state index contributed by atoms with van der Waals surface area (Å²) in [6.45, 7) is 1.44. The maximum absolute atomic E-state index is 13.7. The van der Waals surface area contributed by atoms with Crippen LogP contribution in [0.25, 0.3) is 0 Å². The second-order valence-electron chi connectivity index (χ2n) is 5.26. The summed E-state index contributed by atoms with van der Waals surface area (Å²) in [5.74, 6) is -0.0690. The summed E-state index contributed by atoms with van der Waals surface area (Å²) in [6.07, 6.45) is 0.995. The first-order valence-electron chi connectivity index (χ1n) is 6.88. The lowest BCUT2D eigenvalue weighted by atomic mass is 10.0. The third kappa shape index (κ3) is 3.11. The van der Waals surface area contributed by atoms with E-state index in [-0.39, 0.29) is 12.3 Å². The van der Waals surface area contributed by atoms with Crippen LogP contribution in [0.2, 0.25) is 5.02 Å². The van der Waals surface area contributed by atoms with Crippen molar-refractivity contribution < 1.29 is 9.18 Å². The van der Waals surface area contributed by atoms with Crippen molar-refractivity contribution in [3.8, 4) is 0 Å². The average Bonchev–Trinajstić information content (AvgIpc) is 3.12. The molecule has 21 heavy (non-hydrogen) atoms. The number of amides is 1. The van der Waals surface area contributed by atoms with E-state index in [1.807, 2.05) is 4.90 Å². The fraction of sp³-hybridized carbons (Fsp3) is 0.312. The van der Waals surface area contributed by atoms with Crippen LogP contribution >= 0.6 is 22.9 Å². The first-order chi connectivity index (χ1) is 10.1. The first kappa shape index (κ1) is 14.5. The standard InChI is InChI=1S/C16H15ClFNOS/c17-14-2-1-3-15(18)13(14)8-16(20)19-6-4-11(9-19)12-5-7-21-10-12/h1-3,5,7,10-11H,4,6,8-9H2. The van der Waals surface area contributed by atoms with Gasteiger partial charge in [0.15, 0.2) is 0 Å². The molecule has 1 unspecified atom stereocenters. The number of nitrogens with zero attached hydrogens (tertiary/aromatic N) is 1. The Bertz CT molecular complexity index is 623. The molecule has 1 amide bonds. The lowest BCUT2D eigenvalue weighted by Gasteiger charge is -2.17. The molecule has 1 aliphatic heterocycles. The van der Waals surface area contributed by atoms with E-state index >= 15 is 0 Å². The molecule has 0 aliphatic carbocycles. The van der Waals surface area contributed by atoms with Crippen molar-refractivity contribution in [3.63, 3.8) is 0 Å².